The zero-order chi connectivity index (χ0) is 36.0. The van der Waals surface area contributed by atoms with Crippen molar-refractivity contribution in [3.63, 3.8) is 0 Å². The van der Waals surface area contributed by atoms with Crippen LogP contribution in [-0.4, -0.2) is 15.0 Å². The SMILES string of the molecule is [2H]c1c([2H])c([2H])c(-c2ccc3oc4cccc(-c5nc(-c6ccccc6)nc(-c6cccc7c6oc6c8ccccc8ccc76)n5)c4c3c2)c([2H])c1[2H]. The first-order chi connectivity index (χ1) is 25.9. The van der Waals surface area contributed by atoms with E-state index in [-0.39, 0.29) is 17.6 Å². The summed E-state index contributed by atoms with van der Waals surface area (Å²) in [6.07, 6.45) is 0. The summed E-state index contributed by atoms with van der Waals surface area (Å²) in [5.41, 5.74) is 5.43. The van der Waals surface area contributed by atoms with Crippen molar-refractivity contribution in [1.82, 2.24) is 15.0 Å². The molecule has 0 amide bonds. The molecule has 5 heteroatoms. The Bertz CT molecular complexity index is 3110. The minimum Gasteiger partial charge on any atom is -0.456 e. The van der Waals surface area contributed by atoms with Crippen LogP contribution >= 0.6 is 0 Å². The normalized spacial score (nSPS) is 13.2. The van der Waals surface area contributed by atoms with E-state index in [2.05, 4.69) is 24.3 Å². The Balaban J connectivity index is 1.23. The van der Waals surface area contributed by atoms with Crippen LogP contribution in [0.1, 0.15) is 6.85 Å². The zero-order valence-corrected chi connectivity index (χ0v) is 25.2. The lowest BCUT2D eigenvalue weighted by atomic mass is 10.0. The van der Waals surface area contributed by atoms with E-state index < -0.39 is 18.1 Å². The molecule has 0 aliphatic carbocycles. The second-order valence-corrected chi connectivity index (χ2v) is 11.6. The van der Waals surface area contributed by atoms with E-state index in [0.29, 0.717) is 50.7 Å². The van der Waals surface area contributed by atoms with Crippen molar-refractivity contribution in [2.75, 3.05) is 0 Å². The maximum Gasteiger partial charge on any atom is 0.167 e. The van der Waals surface area contributed by atoms with Crippen molar-refractivity contribution in [3.05, 3.63) is 152 Å². The van der Waals surface area contributed by atoms with Gasteiger partial charge < -0.3 is 8.83 Å². The van der Waals surface area contributed by atoms with Gasteiger partial charge in [-0.3, -0.25) is 0 Å². The number of fused-ring (bicyclic) bond motifs is 8. The summed E-state index contributed by atoms with van der Waals surface area (Å²) in [5.74, 6) is 1.33. The first-order valence-electron chi connectivity index (χ1n) is 18.0. The fourth-order valence-corrected chi connectivity index (χ4v) is 6.60. The van der Waals surface area contributed by atoms with Crippen molar-refractivity contribution in [1.29, 1.82) is 0 Å². The molecule has 0 aliphatic heterocycles. The van der Waals surface area contributed by atoms with Crippen LogP contribution in [0.25, 0.3) is 99.9 Å². The standard InChI is InChI=1S/C43H25N3O2/c1-3-11-26(12-4-1)29-22-24-36-35(25-29)38-33(18-10-20-37(38)47-36)42-44-41(28-14-5-2-6-15-28)45-43(46-42)34-19-9-17-31-32-23-21-27-13-7-8-16-30(27)39(32)48-40(31)34/h1-25H/i1D,3D,4D,11D,12D. The van der Waals surface area contributed by atoms with E-state index in [1.54, 1.807) is 18.2 Å². The fourth-order valence-electron chi connectivity index (χ4n) is 6.60. The Kier molecular flexibility index (Phi) is 4.81. The lowest BCUT2D eigenvalue weighted by Gasteiger charge is -2.09. The highest BCUT2D eigenvalue weighted by molar-refractivity contribution is 6.17. The molecule has 0 unspecified atom stereocenters. The Hall–Kier alpha value is -6.59. The number of rotatable bonds is 4. The fraction of sp³-hybridized carbons (Fsp3) is 0. The van der Waals surface area contributed by atoms with Gasteiger partial charge in [-0.2, -0.15) is 0 Å². The van der Waals surface area contributed by atoms with E-state index in [9.17, 15) is 0 Å². The van der Waals surface area contributed by atoms with Gasteiger partial charge in [-0.05, 0) is 46.8 Å². The molecule has 0 atom stereocenters. The Morgan fingerprint density at radius 2 is 1.17 bits per heavy atom. The van der Waals surface area contributed by atoms with Crippen molar-refractivity contribution in [2.24, 2.45) is 0 Å². The lowest BCUT2D eigenvalue weighted by molar-refractivity contribution is 0.669. The van der Waals surface area contributed by atoms with Crippen LogP contribution in [0.2, 0.25) is 0 Å². The monoisotopic (exact) mass is 620 g/mol. The van der Waals surface area contributed by atoms with E-state index in [0.717, 1.165) is 43.6 Å². The van der Waals surface area contributed by atoms with Crippen molar-refractivity contribution >= 4 is 54.6 Å². The summed E-state index contributed by atoms with van der Waals surface area (Å²) >= 11 is 0. The minimum atomic E-state index is -0.438. The van der Waals surface area contributed by atoms with Crippen LogP contribution in [0.5, 0.6) is 0 Å². The molecule has 0 saturated heterocycles. The number of aromatic nitrogens is 3. The topological polar surface area (TPSA) is 65.0 Å². The van der Waals surface area contributed by atoms with Gasteiger partial charge in [0.15, 0.2) is 17.5 Å². The van der Waals surface area contributed by atoms with Gasteiger partial charge >= 0.3 is 0 Å². The molecule has 10 aromatic rings. The first kappa shape index (κ1) is 22.0. The van der Waals surface area contributed by atoms with E-state index in [4.69, 9.17) is 30.6 Å². The van der Waals surface area contributed by atoms with Gasteiger partial charge in [0.25, 0.3) is 0 Å². The molecule has 10 rings (SSSR count). The Labute approximate surface area is 281 Å². The Morgan fingerprint density at radius 1 is 0.438 bits per heavy atom. The van der Waals surface area contributed by atoms with Crippen LogP contribution in [0.15, 0.2) is 160 Å². The van der Waals surface area contributed by atoms with Gasteiger partial charge in [0.1, 0.15) is 22.3 Å². The average Bonchev–Trinajstić information content (AvgIpc) is 3.78. The summed E-state index contributed by atoms with van der Waals surface area (Å²) < 4.78 is 54.7. The summed E-state index contributed by atoms with van der Waals surface area (Å²) in [6, 6.07) is 37.3. The molecule has 5 nitrogen and oxygen atoms in total. The molecular formula is C43H25N3O2. The van der Waals surface area contributed by atoms with Crippen molar-refractivity contribution in [2.45, 2.75) is 0 Å². The second-order valence-electron chi connectivity index (χ2n) is 11.6. The quantitative estimate of drug-likeness (QED) is 0.196. The number of furan rings is 2. The van der Waals surface area contributed by atoms with Crippen molar-refractivity contribution < 1.29 is 15.7 Å². The molecular weight excluding hydrogens is 590 g/mol. The minimum absolute atomic E-state index is 0.116. The first-order valence-corrected chi connectivity index (χ1v) is 15.5. The maximum absolute atomic E-state index is 8.60. The smallest absolute Gasteiger partial charge is 0.167 e. The van der Waals surface area contributed by atoms with E-state index in [1.165, 1.54) is 0 Å². The van der Waals surface area contributed by atoms with Gasteiger partial charge in [-0.15, -0.1) is 0 Å². The third-order valence-corrected chi connectivity index (χ3v) is 8.82. The molecule has 0 spiro atoms. The lowest BCUT2D eigenvalue weighted by Crippen LogP contribution is -2.00. The predicted octanol–water partition coefficient (Wildman–Crippen LogP) is 11.5. The van der Waals surface area contributed by atoms with Crippen LogP contribution in [0, 0.1) is 0 Å². The van der Waals surface area contributed by atoms with Gasteiger partial charge in [0.2, 0.25) is 0 Å². The summed E-state index contributed by atoms with van der Waals surface area (Å²) in [7, 11) is 0. The number of benzene rings is 7. The molecule has 48 heavy (non-hydrogen) atoms. The molecule has 7 aromatic carbocycles. The molecule has 224 valence electrons. The third-order valence-electron chi connectivity index (χ3n) is 8.82. The molecule has 0 fully saturated rings. The van der Waals surface area contributed by atoms with Crippen LogP contribution in [0.4, 0.5) is 0 Å². The van der Waals surface area contributed by atoms with E-state index >= 15 is 0 Å². The second kappa shape index (κ2) is 10.5. The summed E-state index contributed by atoms with van der Waals surface area (Å²) in [4.78, 5) is 15.1. The van der Waals surface area contributed by atoms with Crippen molar-refractivity contribution in [3.8, 4) is 45.3 Å². The highest BCUT2D eigenvalue weighted by Gasteiger charge is 2.21. The molecule has 3 aromatic heterocycles. The number of para-hydroxylation sites is 1. The predicted molar refractivity (Wildman–Crippen MR) is 194 cm³/mol. The maximum atomic E-state index is 8.60. The van der Waals surface area contributed by atoms with Gasteiger partial charge in [0.05, 0.1) is 12.4 Å². The average molecular weight is 621 g/mol. The van der Waals surface area contributed by atoms with Crippen LogP contribution in [0.3, 0.4) is 0 Å². The molecule has 0 saturated carbocycles. The summed E-state index contributed by atoms with van der Waals surface area (Å²) in [5, 5.41) is 5.48. The summed E-state index contributed by atoms with van der Waals surface area (Å²) in [6.45, 7) is 0. The van der Waals surface area contributed by atoms with Gasteiger partial charge in [-0.1, -0.05) is 121 Å². The zero-order valence-electron chi connectivity index (χ0n) is 30.2. The largest absolute Gasteiger partial charge is 0.456 e. The molecule has 0 bridgehead atoms. The highest BCUT2D eigenvalue weighted by Crippen LogP contribution is 2.41. The third kappa shape index (κ3) is 4.15. The molecule has 0 N–H and O–H groups in total. The molecule has 0 radical (unpaired) electrons. The van der Waals surface area contributed by atoms with Gasteiger partial charge in [0, 0.05) is 38.1 Å². The number of hydrogen-bond acceptors (Lipinski definition) is 5. The molecule has 3 heterocycles. The highest BCUT2D eigenvalue weighted by atomic mass is 16.3. The van der Waals surface area contributed by atoms with Crippen LogP contribution in [-0.2, 0) is 0 Å². The Morgan fingerprint density at radius 3 is 2.06 bits per heavy atom. The van der Waals surface area contributed by atoms with Gasteiger partial charge in [-0.25, -0.2) is 15.0 Å². The van der Waals surface area contributed by atoms with Crippen LogP contribution < -0.4 is 0 Å². The number of hydrogen-bond donors (Lipinski definition) is 0. The van der Waals surface area contributed by atoms with E-state index in [1.807, 2.05) is 78.9 Å². The number of nitrogens with zero attached hydrogens (tertiary/aromatic N) is 3. The molecule has 0 aliphatic rings.